The molecular formula is C28H35N3O5. The van der Waals surface area contributed by atoms with Gasteiger partial charge in [-0.3, -0.25) is 14.6 Å². The van der Waals surface area contributed by atoms with E-state index in [2.05, 4.69) is 22.3 Å². The average molecular weight is 494 g/mol. The third-order valence-electron chi connectivity index (χ3n) is 8.23. The number of carbonyl (C=O) groups is 2. The Labute approximate surface area is 212 Å². The smallest absolute Gasteiger partial charge is 0.325 e. The van der Waals surface area contributed by atoms with Crippen molar-refractivity contribution in [3.63, 3.8) is 0 Å². The first-order chi connectivity index (χ1) is 17.4. The third-order valence-corrected chi connectivity index (χ3v) is 8.23. The van der Waals surface area contributed by atoms with Crippen molar-refractivity contribution in [2.24, 2.45) is 5.92 Å². The molecule has 192 valence electrons. The average Bonchev–Trinajstić information content (AvgIpc) is 3.41. The van der Waals surface area contributed by atoms with Crippen LogP contribution in [0.3, 0.4) is 0 Å². The first-order valence-corrected chi connectivity index (χ1v) is 12.6. The molecule has 2 saturated heterocycles. The summed E-state index contributed by atoms with van der Waals surface area (Å²) < 4.78 is 16.5. The van der Waals surface area contributed by atoms with Gasteiger partial charge in [0.2, 0.25) is 0 Å². The molecule has 5 rings (SSSR count). The van der Waals surface area contributed by atoms with E-state index in [0.717, 1.165) is 50.1 Å². The number of hydrogen-bond acceptors (Lipinski definition) is 6. The fraction of sp³-hybridized carbons (Fsp3) is 0.500. The molecule has 0 spiro atoms. The molecule has 1 aliphatic carbocycles. The van der Waals surface area contributed by atoms with Gasteiger partial charge in [-0.15, -0.1) is 0 Å². The summed E-state index contributed by atoms with van der Waals surface area (Å²) in [6.07, 6.45) is 3.13. The molecule has 0 aromatic heterocycles. The Balaban J connectivity index is 1.24. The van der Waals surface area contributed by atoms with Gasteiger partial charge in [0.25, 0.3) is 5.91 Å². The number of amides is 3. The van der Waals surface area contributed by atoms with Crippen LogP contribution in [0.15, 0.2) is 36.4 Å². The van der Waals surface area contributed by atoms with E-state index >= 15 is 0 Å². The van der Waals surface area contributed by atoms with Crippen LogP contribution in [0.5, 0.6) is 17.2 Å². The van der Waals surface area contributed by atoms with Crippen LogP contribution in [0.1, 0.15) is 36.5 Å². The summed E-state index contributed by atoms with van der Waals surface area (Å²) in [6, 6.07) is 11.7. The summed E-state index contributed by atoms with van der Waals surface area (Å²) in [5, 5.41) is 3.08. The minimum atomic E-state index is -0.862. The normalized spacial score (nSPS) is 23.1. The zero-order chi connectivity index (χ0) is 25.4. The highest BCUT2D eigenvalue weighted by atomic mass is 16.5. The van der Waals surface area contributed by atoms with Gasteiger partial charge in [-0.2, -0.15) is 0 Å². The molecule has 1 N–H and O–H groups in total. The molecule has 0 unspecified atom stereocenters. The Hall–Kier alpha value is -3.26. The Kier molecular flexibility index (Phi) is 6.55. The molecule has 2 aromatic carbocycles. The Morgan fingerprint density at radius 1 is 0.917 bits per heavy atom. The number of likely N-dealkylation sites (tertiary alicyclic amines) is 1. The first kappa shape index (κ1) is 24.4. The molecule has 36 heavy (non-hydrogen) atoms. The molecule has 3 amide bonds. The number of nitrogens with one attached hydrogen (secondary N) is 1. The van der Waals surface area contributed by atoms with Gasteiger partial charge >= 0.3 is 6.03 Å². The number of ether oxygens (including phenoxy) is 3. The highest BCUT2D eigenvalue weighted by Crippen LogP contribution is 2.39. The first-order valence-electron chi connectivity index (χ1n) is 12.6. The minimum Gasteiger partial charge on any atom is -0.496 e. The van der Waals surface area contributed by atoms with Crippen LogP contribution in [0.2, 0.25) is 0 Å². The van der Waals surface area contributed by atoms with Crippen LogP contribution < -0.4 is 19.5 Å². The van der Waals surface area contributed by atoms with Crippen molar-refractivity contribution < 1.29 is 23.8 Å². The molecule has 2 fully saturated rings. The Morgan fingerprint density at radius 2 is 1.50 bits per heavy atom. The second kappa shape index (κ2) is 9.65. The molecule has 3 aliphatic rings. The summed E-state index contributed by atoms with van der Waals surface area (Å²) in [4.78, 5) is 30.5. The molecule has 2 heterocycles. The molecule has 0 radical (unpaired) electrons. The van der Waals surface area contributed by atoms with E-state index in [1.807, 2.05) is 31.2 Å². The maximum Gasteiger partial charge on any atom is 0.325 e. The van der Waals surface area contributed by atoms with Crippen molar-refractivity contribution >= 4 is 11.9 Å². The number of imide groups is 1. The van der Waals surface area contributed by atoms with E-state index in [1.54, 1.807) is 21.3 Å². The molecule has 2 aliphatic heterocycles. The number of urea groups is 1. The number of nitrogens with zero attached hydrogens (tertiary/aromatic N) is 2. The molecule has 1 atom stereocenters. The zero-order valence-electron chi connectivity index (χ0n) is 21.5. The number of methoxy groups -OCH3 is 3. The van der Waals surface area contributed by atoms with Gasteiger partial charge < -0.3 is 19.5 Å². The SMILES string of the molecule is COc1cc(OC)c(OC)cc1CN1CCC([C@]2(C)NC(=O)N(C3Cc4ccccc4C3)C2=O)CC1. The van der Waals surface area contributed by atoms with Crippen LogP contribution in [0.25, 0.3) is 0 Å². The monoisotopic (exact) mass is 493 g/mol. The maximum absolute atomic E-state index is 13.6. The van der Waals surface area contributed by atoms with Crippen molar-refractivity contribution in [1.29, 1.82) is 0 Å². The fourth-order valence-electron chi connectivity index (χ4n) is 6.13. The van der Waals surface area contributed by atoms with Crippen molar-refractivity contribution in [3.8, 4) is 17.2 Å². The molecule has 0 saturated carbocycles. The lowest BCUT2D eigenvalue weighted by Crippen LogP contribution is -2.54. The second-order valence-electron chi connectivity index (χ2n) is 10.2. The largest absolute Gasteiger partial charge is 0.496 e. The van der Waals surface area contributed by atoms with E-state index in [-0.39, 0.29) is 23.9 Å². The van der Waals surface area contributed by atoms with Crippen LogP contribution in [0, 0.1) is 5.92 Å². The summed E-state index contributed by atoms with van der Waals surface area (Å²) in [5.41, 5.74) is 2.63. The summed E-state index contributed by atoms with van der Waals surface area (Å²) in [7, 11) is 4.89. The molecule has 8 heteroatoms. The van der Waals surface area contributed by atoms with Gasteiger partial charge in [-0.1, -0.05) is 24.3 Å². The fourth-order valence-corrected chi connectivity index (χ4v) is 6.13. The van der Waals surface area contributed by atoms with E-state index in [9.17, 15) is 9.59 Å². The van der Waals surface area contributed by atoms with Gasteiger partial charge in [0.05, 0.1) is 21.3 Å². The second-order valence-corrected chi connectivity index (χ2v) is 10.2. The van der Waals surface area contributed by atoms with E-state index < -0.39 is 5.54 Å². The van der Waals surface area contributed by atoms with Gasteiger partial charge in [0, 0.05) is 24.2 Å². The summed E-state index contributed by atoms with van der Waals surface area (Å²) >= 11 is 0. The zero-order valence-corrected chi connectivity index (χ0v) is 21.5. The number of rotatable bonds is 7. The lowest BCUT2D eigenvalue weighted by Gasteiger charge is -2.39. The topological polar surface area (TPSA) is 80.3 Å². The van der Waals surface area contributed by atoms with Crippen molar-refractivity contribution in [2.45, 2.75) is 50.7 Å². The van der Waals surface area contributed by atoms with E-state index in [1.165, 1.54) is 16.0 Å². The van der Waals surface area contributed by atoms with Crippen molar-refractivity contribution in [1.82, 2.24) is 15.1 Å². The van der Waals surface area contributed by atoms with Gasteiger partial charge in [0.1, 0.15) is 11.3 Å². The highest BCUT2D eigenvalue weighted by Gasteiger charge is 2.55. The summed E-state index contributed by atoms with van der Waals surface area (Å²) in [6.45, 7) is 4.28. The molecule has 0 bridgehead atoms. The van der Waals surface area contributed by atoms with Gasteiger partial charge in [0.15, 0.2) is 11.5 Å². The van der Waals surface area contributed by atoms with Gasteiger partial charge in [-0.25, -0.2) is 4.79 Å². The molecule has 8 nitrogen and oxygen atoms in total. The Bertz CT molecular complexity index is 1130. The number of benzene rings is 2. The van der Waals surface area contributed by atoms with Crippen molar-refractivity contribution in [2.75, 3.05) is 34.4 Å². The highest BCUT2D eigenvalue weighted by molar-refractivity contribution is 6.07. The van der Waals surface area contributed by atoms with Crippen LogP contribution >= 0.6 is 0 Å². The van der Waals surface area contributed by atoms with E-state index in [0.29, 0.717) is 18.0 Å². The van der Waals surface area contributed by atoms with Crippen LogP contribution in [-0.2, 0) is 24.2 Å². The molecule has 2 aromatic rings. The summed E-state index contributed by atoms with van der Waals surface area (Å²) in [5.74, 6) is 2.07. The van der Waals surface area contributed by atoms with Gasteiger partial charge in [-0.05, 0) is 68.8 Å². The maximum atomic E-state index is 13.6. The number of fused-ring (bicyclic) bond motifs is 1. The number of carbonyl (C=O) groups excluding carboxylic acids is 2. The predicted molar refractivity (Wildman–Crippen MR) is 136 cm³/mol. The number of hydrogen-bond donors (Lipinski definition) is 1. The predicted octanol–water partition coefficient (Wildman–Crippen LogP) is 3.40. The lowest BCUT2D eigenvalue weighted by atomic mass is 9.78. The van der Waals surface area contributed by atoms with E-state index in [4.69, 9.17) is 14.2 Å². The lowest BCUT2D eigenvalue weighted by molar-refractivity contribution is -0.134. The third kappa shape index (κ3) is 4.17. The van der Waals surface area contributed by atoms with Crippen LogP contribution in [0.4, 0.5) is 4.79 Å². The van der Waals surface area contributed by atoms with Crippen molar-refractivity contribution in [3.05, 3.63) is 53.1 Å². The van der Waals surface area contributed by atoms with Crippen LogP contribution in [-0.4, -0.2) is 67.7 Å². The number of piperidine rings is 1. The molecular weight excluding hydrogens is 458 g/mol. The quantitative estimate of drug-likeness (QED) is 0.596. The minimum absolute atomic E-state index is 0.0784. The Morgan fingerprint density at radius 3 is 2.08 bits per heavy atom. The standard InChI is InChI=1S/C28H35N3O5/c1-28(26(32)31(27(33)29-28)22-13-18-7-5-6-8-19(18)14-22)21-9-11-30(12-10-21)17-20-15-24(35-3)25(36-4)16-23(20)34-2/h5-8,15-16,21-22H,9-14,17H2,1-4H3,(H,29,33)/t28-/m0/s1.